The fourth-order valence-corrected chi connectivity index (χ4v) is 5.89. The third-order valence-corrected chi connectivity index (χ3v) is 8.23. The average molecular weight is 563 g/mol. The van der Waals surface area contributed by atoms with Crippen molar-refractivity contribution in [2.45, 2.75) is 175 Å². The van der Waals surface area contributed by atoms with Crippen LogP contribution in [0.4, 0.5) is 0 Å². The van der Waals surface area contributed by atoms with Crippen LogP contribution >= 0.6 is 0 Å². The summed E-state index contributed by atoms with van der Waals surface area (Å²) in [5.74, 6) is -1.14. The summed E-state index contributed by atoms with van der Waals surface area (Å²) >= 11 is 0. The van der Waals surface area contributed by atoms with Gasteiger partial charge in [-0.25, -0.2) is 4.79 Å². The lowest BCUT2D eigenvalue weighted by molar-refractivity contribution is -0.179. The smallest absolute Gasteiger partial charge is 0.339 e. The molecule has 0 aliphatic heterocycles. The molecule has 1 aromatic carbocycles. The first-order valence-corrected chi connectivity index (χ1v) is 16.9. The normalized spacial score (nSPS) is 11.3. The molecule has 0 fully saturated rings. The van der Waals surface area contributed by atoms with Crippen molar-refractivity contribution < 1.29 is 24.8 Å². The van der Waals surface area contributed by atoms with Crippen LogP contribution in [0.5, 0.6) is 11.5 Å². The first-order chi connectivity index (χ1) is 19.5. The van der Waals surface area contributed by atoms with Crippen LogP contribution in [-0.2, 0) is 24.2 Å². The molecule has 0 saturated carbocycles. The van der Waals surface area contributed by atoms with Crippen molar-refractivity contribution >= 4 is 5.97 Å². The molecule has 0 bridgehead atoms. The van der Waals surface area contributed by atoms with Gasteiger partial charge < -0.3 is 15.1 Å². The fraction of sp³-hybridized carbons (Fsp3) is 0.800. The second-order valence-corrected chi connectivity index (χ2v) is 11.7. The van der Waals surface area contributed by atoms with E-state index in [0.717, 1.165) is 68.1 Å². The SMILES string of the molecule is CCCCCCCCCc1c(CCCCCCCCC)c(OOC)c(O)c(C(=O)O)c1CCCCCCCCC. The molecule has 0 radical (unpaired) electrons. The number of hydrogen-bond donors (Lipinski definition) is 2. The van der Waals surface area contributed by atoms with Crippen molar-refractivity contribution in [1.29, 1.82) is 0 Å². The van der Waals surface area contributed by atoms with Crippen molar-refractivity contribution in [1.82, 2.24) is 0 Å². The zero-order valence-electron chi connectivity index (χ0n) is 26.6. The molecule has 232 valence electrons. The van der Waals surface area contributed by atoms with Gasteiger partial charge in [0.05, 0.1) is 7.11 Å². The molecule has 40 heavy (non-hydrogen) atoms. The van der Waals surface area contributed by atoms with Gasteiger partial charge in [0.2, 0.25) is 5.75 Å². The van der Waals surface area contributed by atoms with Crippen molar-refractivity contribution in [3.63, 3.8) is 0 Å². The van der Waals surface area contributed by atoms with E-state index in [-0.39, 0.29) is 17.1 Å². The number of aromatic carboxylic acids is 1. The van der Waals surface area contributed by atoms with E-state index in [1.54, 1.807) is 0 Å². The zero-order chi connectivity index (χ0) is 29.4. The number of carboxylic acid groups (broad SMARTS) is 1. The lowest BCUT2D eigenvalue weighted by Gasteiger charge is -2.22. The van der Waals surface area contributed by atoms with Gasteiger partial charge in [0.15, 0.2) is 5.75 Å². The van der Waals surface area contributed by atoms with Gasteiger partial charge in [-0.3, -0.25) is 0 Å². The van der Waals surface area contributed by atoms with Crippen LogP contribution in [0.25, 0.3) is 0 Å². The van der Waals surface area contributed by atoms with Crippen LogP contribution < -0.4 is 4.89 Å². The second kappa shape index (κ2) is 23.9. The van der Waals surface area contributed by atoms with E-state index in [2.05, 4.69) is 20.8 Å². The van der Waals surface area contributed by atoms with Gasteiger partial charge in [-0.15, -0.1) is 0 Å². The molecule has 0 spiro atoms. The molecule has 1 aromatic rings. The Labute approximate surface area is 246 Å². The Morgan fingerprint density at radius 2 is 0.900 bits per heavy atom. The molecule has 0 heterocycles. The highest BCUT2D eigenvalue weighted by Gasteiger charge is 2.28. The molecular weight excluding hydrogens is 500 g/mol. The van der Waals surface area contributed by atoms with Crippen LogP contribution in [0.2, 0.25) is 0 Å². The van der Waals surface area contributed by atoms with E-state index in [1.807, 2.05) is 0 Å². The number of aromatic hydroxyl groups is 1. The maximum absolute atomic E-state index is 12.5. The summed E-state index contributed by atoms with van der Waals surface area (Å²) in [6.45, 7) is 6.71. The minimum absolute atomic E-state index is 0.0132. The third-order valence-electron chi connectivity index (χ3n) is 8.23. The number of benzene rings is 1. The number of carboxylic acids is 1. The molecule has 0 unspecified atom stereocenters. The van der Waals surface area contributed by atoms with Gasteiger partial charge in [0.1, 0.15) is 5.56 Å². The van der Waals surface area contributed by atoms with Gasteiger partial charge >= 0.3 is 5.97 Å². The minimum Gasteiger partial charge on any atom is -0.504 e. The van der Waals surface area contributed by atoms with Crippen LogP contribution in [0.1, 0.15) is 183 Å². The van der Waals surface area contributed by atoms with Gasteiger partial charge in [-0.05, 0) is 49.7 Å². The fourth-order valence-electron chi connectivity index (χ4n) is 5.89. The zero-order valence-corrected chi connectivity index (χ0v) is 26.6. The molecule has 0 aliphatic carbocycles. The largest absolute Gasteiger partial charge is 0.504 e. The first-order valence-electron chi connectivity index (χ1n) is 16.9. The highest BCUT2D eigenvalue weighted by molar-refractivity contribution is 5.94. The van der Waals surface area contributed by atoms with E-state index in [4.69, 9.17) is 9.78 Å². The van der Waals surface area contributed by atoms with E-state index in [1.165, 1.54) is 103 Å². The summed E-state index contributed by atoms with van der Waals surface area (Å²) in [5.41, 5.74) is 2.89. The maximum atomic E-state index is 12.5. The molecule has 5 heteroatoms. The Hall–Kier alpha value is -1.75. The third kappa shape index (κ3) is 14.2. The number of phenols is 1. The summed E-state index contributed by atoms with van der Waals surface area (Å²) in [7, 11) is 1.42. The van der Waals surface area contributed by atoms with Gasteiger partial charge in [-0.2, -0.15) is 4.89 Å². The summed E-state index contributed by atoms with van der Waals surface area (Å²) < 4.78 is 0. The maximum Gasteiger partial charge on any atom is 0.339 e. The topological polar surface area (TPSA) is 76.0 Å². The molecule has 0 aromatic heterocycles. The first kappa shape index (κ1) is 36.3. The summed E-state index contributed by atoms with van der Waals surface area (Å²) in [5, 5.41) is 21.4. The Morgan fingerprint density at radius 3 is 1.27 bits per heavy atom. The van der Waals surface area contributed by atoms with Crippen molar-refractivity contribution in [2.24, 2.45) is 0 Å². The Bertz CT molecular complexity index is 789. The summed E-state index contributed by atoms with van der Waals surface area (Å²) in [4.78, 5) is 23.0. The Balaban J connectivity index is 3.18. The van der Waals surface area contributed by atoms with Crippen LogP contribution in [0, 0.1) is 0 Å². The van der Waals surface area contributed by atoms with E-state index in [9.17, 15) is 15.0 Å². The Kier molecular flexibility index (Phi) is 21.7. The molecule has 0 saturated heterocycles. The lowest BCUT2D eigenvalue weighted by atomic mass is 9.85. The Morgan fingerprint density at radius 1 is 0.550 bits per heavy atom. The monoisotopic (exact) mass is 562 g/mol. The van der Waals surface area contributed by atoms with E-state index in [0.29, 0.717) is 6.42 Å². The molecule has 5 nitrogen and oxygen atoms in total. The minimum atomic E-state index is -1.08. The highest BCUT2D eigenvalue weighted by atomic mass is 17.2. The molecule has 1 rings (SSSR count). The van der Waals surface area contributed by atoms with Gasteiger partial charge in [-0.1, -0.05) is 136 Å². The predicted molar refractivity (Wildman–Crippen MR) is 168 cm³/mol. The predicted octanol–water partition coefficient (Wildman–Crippen LogP) is 10.9. The number of hydrogen-bond acceptors (Lipinski definition) is 4. The molecule has 0 atom stereocenters. The van der Waals surface area contributed by atoms with Crippen molar-refractivity contribution in [2.75, 3.05) is 7.11 Å². The standard InChI is InChI=1S/C35H62O5/c1-5-8-11-14-17-20-23-26-29-30(27-24-21-18-15-12-9-6-2)32(35(37)38)33(36)34(40-39-4)31(29)28-25-22-19-16-13-10-7-3/h36H,5-28H2,1-4H3,(H,37,38). The molecule has 2 N–H and O–H groups in total. The second-order valence-electron chi connectivity index (χ2n) is 11.7. The summed E-state index contributed by atoms with van der Waals surface area (Å²) in [6.07, 6.45) is 27.4. The molecule has 0 amide bonds. The van der Waals surface area contributed by atoms with Crippen LogP contribution in [-0.4, -0.2) is 23.3 Å². The number of rotatable bonds is 27. The van der Waals surface area contributed by atoms with Gasteiger partial charge in [0, 0.05) is 5.56 Å². The molecule has 0 aliphatic rings. The molecular formula is C35H62O5. The average Bonchev–Trinajstić information content (AvgIpc) is 2.94. The summed E-state index contributed by atoms with van der Waals surface area (Å²) in [6, 6.07) is 0. The van der Waals surface area contributed by atoms with E-state index >= 15 is 0 Å². The number of carbonyl (C=O) groups is 1. The highest BCUT2D eigenvalue weighted by Crippen LogP contribution is 2.42. The van der Waals surface area contributed by atoms with Gasteiger partial charge in [0.25, 0.3) is 0 Å². The van der Waals surface area contributed by atoms with Crippen LogP contribution in [0.3, 0.4) is 0 Å². The lowest BCUT2D eigenvalue weighted by Crippen LogP contribution is -2.13. The van der Waals surface area contributed by atoms with Crippen molar-refractivity contribution in [3.8, 4) is 11.5 Å². The quantitative estimate of drug-likeness (QED) is 0.0633. The number of unbranched alkanes of at least 4 members (excludes halogenated alkanes) is 18. The van der Waals surface area contributed by atoms with Crippen LogP contribution in [0.15, 0.2) is 0 Å². The van der Waals surface area contributed by atoms with Crippen molar-refractivity contribution in [3.05, 3.63) is 22.3 Å². The van der Waals surface area contributed by atoms with E-state index < -0.39 is 5.97 Å².